The number of nitrogens with one attached hydrogen (secondary N) is 3. The Labute approximate surface area is 194 Å². The number of hydrogen-bond acceptors (Lipinski definition) is 7. The van der Waals surface area contributed by atoms with Gasteiger partial charge in [0.05, 0.1) is 18.9 Å². The molecular weight excluding hydrogens is 447 g/mol. The van der Waals surface area contributed by atoms with E-state index in [-0.39, 0.29) is 23.1 Å². The summed E-state index contributed by atoms with van der Waals surface area (Å²) in [5.74, 6) is 0.997. The lowest BCUT2D eigenvalue weighted by atomic mass is 9.64. The van der Waals surface area contributed by atoms with E-state index in [9.17, 15) is 13.2 Å². The molecule has 0 amide bonds. The van der Waals surface area contributed by atoms with Crippen molar-refractivity contribution in [1.82, 2.24) is 25.3 Å². The number of alkyl halides is 3. The highest BCUT2D eigenvalue weighted by atomic mass is 19.4. The molecule has 0 radical (unpaired) electrons. The Morgan fingerprint density at radius 3 is 2.71 bits per heavy atom. The average molecular weight is 474 g/mol. The zero-order chi connectivity index (χ0) is 23.3. The topological polar surface area (TPSA) is 91.0 Å². The molecule has 1 spiro atoms. The van der Waals surface area contributed by atoms with Crippen molar-refractivity contribution in [3.05, 3.63) is 30.1 Å². The molecule has 1 aliphatic carbocycles. The van der Waals surface area contributed by atoms with Gasteiger partial charge in [-0.1, -0.05) is 0 Å². The van der Waals surface area contributed by atoms with E-state index in [0.717, 1.165) is 57.5 Å². The minimum absolute atomic E-state index is 0.143. The van der Waals surface area contributed by atoms with Crippen LogP contribution in [-0.4, -0.2) is 65.4 Å². The molecule has 2 atom stereocenters. The second-order valence-corrected chi connectivity index (χ2v) is 9.35. The molecule has 2 saturated heterocycles. The van der Waals surface area contributed by atoms with E-state index in [1.54, 1.807) is 12.3 Å². The van der Waals surface area contributed by atoms with Crippen molar-refractivity contribution in [3.8, 4) is 11.3 Å². The molecule has 180 valence electrons. The van der Waals surface area contributed by atoms with Gasteiger partial charge in [-0.15, -0.1) is 0 Å². The van der Waals surface area contributed by atoms with Crippen molar-refractivity contribution < 1.29 is 17.9 Å². The molecular formula is C23H26F3N7O. The lowest BCUT2D eigenvalue weighted by molar-refractivity contribution is -0.137. The van der Waals surface area contributed by atoms with Crippen molar-refractivity contribution in [2.45, 2.75) is 31.5 Å². The zero-order valence-corrected chi connectivity index (χ0v) is 18.6. The number of rotatable bonds is 4. The summed E-state index contributed by atoms with van der Waals surface area (Å²) < 4.78 is 47.1. The van der Waals surface area contributed by atoms with Crippen LogP contribution in [0.1, 0.15) is 24.8 Å². The molecule has 1 saturated carbocycles. The Morgan fingerprint density at radius 1 is 1.15 bits per heavy atom. The first-order chi connectivity index (χ1) is 16.4. The SMILES string of the molecule is FC(F)(F)c1cnc(NC2CCC23CCNC3)nc1-c1c[nH]c2nc(N3CCOCC3)ccc12. The molecule has 5 heterocycles. The number of pyridine rings is 1. The number of halogens is 3. The lowest BCUT2D eigenvalue weighted by Crippen LogP contribution is -2.51. The van der Waals surface area contributed by atoms with Crippen molar-refractivity contribution in [1.29, 1.82) is 0 Å². The molecule has 3 N–H and O–H groups in total. The molecule has 0 bridgehead atoms. The van der Waals surface area contributed by atoms with Gasteiger partial charge in [-0.05, 0) is 37.9 Å². The minimum atomic E-state index is -4.58. The van der Waals surface area contributed by atoms with Gasteiger partial charge in [-0.3, -0.25) is 0 Å². The standard InChI is InChI=1S/C23H26F3N7O/c24-23(25,26)16-12-29-21(30-17-3-4-22(17)5-6-27-13-22)32-19(16)15-11-28-20-14(15)1-2-18(31-20)33-7-9-34-10-8-33/h1-2,11-12,17,27H,3-10,13H2,(H,28,31)(H,29,30,32). The third kappa shape index (κ3) is 3.67. The number of nitrogens with zero attached hydrogens (tertiary/aromatic N) is 4. The van der Waals surface area contributed by atoms with Crippen LogP contribution in [0.3, 0.4) is 0 Å². The van der Waals surface area contributed by atoms with E-state index >= 15 is 0 Å². The molecule has 11 heteroatoms. The Kier molecular flexibility index (Phi) is 5.14. The summed E-state index contributed by atoms with van der Waals surface area (Å²) in [6.07, 6.45) is 0.974. The van der Waals surface area contributed by atoms with Crippen LogP contribution in [0.5, 0.6) is 0 Å². The van der Waals surface area contributed by atoms with Crippen LogP contribution in [0.15, 0.2) is 24.5 Å². The Bertz CT molecular complexity index is 1200. The number of aromatic amines is 1. The normalized spacial score (nSPS) is 25.1. The number of morpholine rings is 1. The highest BCUT2D eigenvalue weighted by molar-refractivity contribution is 5.94. The van der Waals surface area contributed by atoms with Gasteiger partial charge < -0.3 is 25.3 Å². The van der Waals surface area contributed by atoms with E-state index in [1.807, 2.05) is 6.07 Å². The maximum atomic E-state index is 13.9. The highest BCUT2D eigenvalue weighted by Crippen LogP contribution is 2.47. The summed E-state index contributed by atoms with van der Waals surface area (Å²) in [6.45, 7) is 4.58. The summed E-state index contributed by atoms with van der Waals surface area (Å²) in [5.41, 5.74) is 0.0272. The number of aromatic nitrogens is 4. The Morgan fingerprint density at radius 2 is 2.00 bits per heavy atom. The number of hydrogen-bond donors (Lipinski definition) is 3. The maximum absolute atomic E-state index is 13.9. The van der Waals surface area contributed by atoms with Gasteiger partial charge in [0.1, 0.15) is 17.0 Å². The van der Waals surface area contributed by atoms with E-state index in [4.69, 9.17) is 4.74 Å². The summed E-state index contributed by atoms with van der Waals surface area (Å²) in [6, 6.07) is 3.80. The molecule has 0 aromatic carbocycles. The van der Waals surface area contributed by atoms with Gasteiger partial charge in [0, 0.05) is 54.4 Å². The summed E-state index contributed by atoms with van der Waals surface area (Å²) in [7, 11) is 0. The summed E-state index contributed by atoms with van der Waals surface area (Å²) in [5, 5.41) is 7.30. The van der Waals surface area contributed by atoms with Gasteiger partial charge in [-0.25, -0.2) is 15.0 Å². The molecule has 8 nitrogen and oxygen atoms in total. The zero-order valence-electron chi connectivity index (χ0n) is 18.6. The molecule has 6 rings (SSSR count). The van der Waals surface area contributed by atoms with Crippen LogP contribution in [0.2, 0.25) is 0 Å². The van der Waals surface area contributed by atoms with E-state index in [2.05, 4.69) is 35.5 Å². The first-order valence-corrected chi connectivity index (χ1v) is 11.7. The predicted octanol–water partition coefficient (Wildman–Crippen LogP) is 3.43. The van der Waals surface area contributed by atoms with Crippen LogP contribution in [0.25, 0.3) is 22.3 Å². The van der Waals surface area contributed by atoms with Gasteiger partial charge in [0.25, 0.3) is 0 Å². The molecule has 34 heavy (non-hydrogen) atoms. The van der Waals surface area contributed by atoms with E-state index in [1.165, 1.54) is 0 Å². The first-order valence-electron chi connectivity index (χ1n) is 11.7. The largest absolute Gasteiger partial charge is 0.419 e. The van der Waals surface area contributed by atoms with Crippen LogP contribution >= 0.6 is 0 Å². The quantitative estimate of drug-likeness (QED) is 0.535. The monoisotopic (exact) mass is 473 g/mol. The highest BCUT2D eigenvalue weighted by Gasteiger charge is 2.48. The van der Waals surface area contributed by atoms with Crippen molar-refractivity contribution in [2.24, 2.45) is 5.41 Å². The van der Waals surface area contributed by atoms with Crippen LogP contribution < -0.4 is 15.5 Å². The smallest absolute Gasteiger partial charge is 0.378 e. The first kappa shape index (κ1) is 21.6. The number of ether oxygens (including phenoxy) is 1. The minimum Gasteiger partial charge on any atom is -0.378 e. The Hall–Kier alpha value is -2.92. The van der Waals surface area contributed by atoms with Crippen molar-refractivity contribution in [3.63, 3.8) is 0 Å². The van der Waals surface area contributed by atoms with Gasteiger partial charge in [0.15, 0.2) is 0 Å². The van der Waals surface area contributed by atoms with Crippen LogP contribution in [0, 0.1) is 5.41 Å². The second-order valence-electron chi connectivity index (χ2n) is 9.35. The predicted molar refractivity (Wildman–Crippen MR) is 122 cm³/mol. The molecule has 2 aliphatic heterocycles. The van der Waals surface area contributed by atoms with Crippen molar-refractivity contribution >= 4 is 22.8 Å². The molecule has 2 unspecified atom stereocenters. The third-order valence-corrected chi connectivity index (χ3v) is 7.46. The van der Waals surface area contributed by atoms with Gasteiger partial charge >= 0.3 is 6.18 Å². The maximum Gasteiger partial charge on any atom is 0.419 e. The fourth-order valence-electron chi connectivity index (χ4n) is 5.38. The fraction of sp³-hybridized carbons (Fsp3) is 0.522. The number of fused-ring (bicyclic) bond motifs is 1. The van der Waals surface area contributed by atoms with Gasteiger partial charge in [-0.2, -0.15) is 13.2 Å². The summed E-state index contributed by atoms with van der Waals surface area (Å²) >= 11 is 0. The lowest BCUT2D eigenvalue weighted by Gasteiger charge is -2.47. The Balaban J connectivity index is 1.36. The second kappa shape index (κ2) is 8.09. The molecule has 3 aromatic heterocycles. The fourth-order valence-corrected chi connectivity index (χ4v) is 5.38. The van der Waals surface area contributed by atoms with Crippen LogP contribution in [-0.2, 0) is 10.9 Å². The molecule has 3 fully saturated rings. The van der Waals surface area contributed by atoms with Crippen molar-refractivity contribution in [2.75, 3.05) is 49.6 Å². The van der Waals surface area contributed by atoms with E-state index < -0.39 is 11.7 Å². The number of H-pyrrole nitrogens is 1. The van der Waals surface area contributed by atoms with E-state index in [0.29, 0.717) is 29.8 Å². The number of anilines is 2. The van der Waals surface area contributed by atoms with Crippen LogP contribution in [0.4, 0.5) is 24.9 Å². The molecule has 3 aliphatic rings. The molecule has 3 aromatic rings. The summed E-state index contributed by atoms with van der Waals surface area (Å²) in [4.78, 5) is 18.2. The average Bonchev–Trinajstić information content (AvgIpc) is 3.50. The third-order valence-electron chi connectivity index (χ3n) is 7.46. The van der Waals surface area contributed by atoms with Gasteiger partial charge in [0.2, 0.25) is 5.95 Å².